The summed E-state index contributed by atoms with van der Waals surface area (Å²) in [6, 6.07) is 15.0. The van der Waals surface area contributed by atoms with E-state index in [2.05, 4.69) is 15.5 Å². The van der Waals surface area contributed by atoms with E-state index in [1.165, 1.54) is 16.9 Å². The molecule has 0 saturated heterocycles. The van der Waals surface area contributed by atoms with Crippen LogP contribution in [0.15, 0.2) is 48.5 Å². The van der Waals surface area contributed by atoms with Crippen LogP contribution in [0.5, 0.6) is 5.75 Å². The number of aryl methyl sites for hydroxylation is 1. The Bertz CT molecular complexity index is 880. The lowest BCUT2D eigenvalue weighted by atomic mass is 10.2. The summed E-state index contributed by atoms with van der Waals surface area (Å²) < 4.78 is 5.60. The molecule has 0 aliphatic carbocycles. The molecule has 7 heteroatoms. The molecule has 25 heavy (non-hydrogen) atoms. The van der Waals surface area contributed by atoms with Gasteiger partial charge in [0, 0.05) is 5.56 Å². The van der Waals surface area contributed by atoms with Crippen LogP contribution in [0.4, 0.5) is 5.13 Å². The highest BCUT2D eigenvalue weighted by molar-refractivity contribution is 7.18. The highest BCUT2D eigenvalue weighted by atomic mass is 35.5. The zero-order valence-electron chi connectivity index (χ0n) is 13.7. The van der Waals surface area contributed by atoms with Gasteiger partial charge >= 0.3 is 0 Å². The van der Waals surface area contributed by atoms with Gasteiger partial charge in [0.25, 0.3) is 5.91 Å². The molecule has 0 bridgehead atoms. The summed E-state index contributed by atoms with van der Waals surface area (Å²) in [5, 5.41) is 12.5. The number of para-hydroxylation sites is 1. The van der Waals surface area contributed by atoms with Crippen LogP contribution in [0.3, 0.4) is 0 Å². The van der Waals surface area contributed by atoms with Gasteiger partial charge in [-0.1, -0.05) is 64.9 Å². The van der Waals surface area contributed by atoms with Gasteiger partial charge in [-0.05, 0) is 26.0 Å². The zero-order chi connectivity index (χ0) is 17.8. The van der Waals surface area contributed by atoms with Gasteiger partial charge in [-0.25, -0.2) is 0 Å². The van der Waals surface area contributed by atoms with Crippen LogP contribution < -0.4 is 10.1 Å². The molecule has 0 aliphatic rings. The van der Waals surface area contributed by atoms with Crippen LogP contribution >= 0.6 is 22.9 Å². The number of nitrogens with one attached hydrogen (secondary N) is 1. The molecule has 5 nitrogen and oxygen atoms in total. The number of hydrogen-bond acceptors (Lipinski definition) is 5. The minimum absolute atomic E-state index is 0.313. The Balaban J connectivity index is 1.65. The van der Waals surface area contributed by atoms with E-state index < -0.39 is 6.10 Å². The molecule has 3 rings (SSSR count). The van der Waals surface area contributed by atoms with Crippen LogP contribution in [0.2, 0.25) is 5.02 Å². The van der Waals surface area contributed by atoms with E-state index in [1.54, 1.807) is 31.2 Å². The third-order valence-electron chi connectivity index (χ3n) is 3.46. The van der Waals surface area contributed by atoms with E-state index in [4.69, 9.17) is 16.3 Å². The minimum atomic E-state index is -0.716. The maximum atomic E-state index is 12.3. The van der Waals surface area contributed by atoms with E-state index in [0.717, 1.165) is 10.6 Å². The first kappa shape index (κ1) is 17.4. The lowest BCUT2D eigenvalue weighted by Gasteiger charge is -2.14. The summed E-state index contributed by atoms with van der Waals surface area (Å²) in [6.07, 6.45) is -0.716. The number of benzene rings is 2. The van der Waals surface area contributed by atoms with Gasteiger partial charge in [-0.15, -0.1) is 10.2 Å². The topological polar surface area (TPSA) is 64.1 Å². The van der Waals surface area contributed by atoms with Crippen molar-refractivity contribution in [1.29, 1.82) is 0 Å². The summed E-state index contributed by atoms with van der Waals surface area (Å²) in [6.45, 7) is 3.68. The van der Waals surface area contributed by atoms with Crippen LogP contribution in [-0.4, -0.2) is 22.2 Å². The Kier molecular flexibility index (Phi) is 5.31. The van der Waals surface area contributed by atoms with Crippen molar-refractivity contribution in [3.05, 3.63) is 59.1 Å². The Morgan fingerprint density at radius 1 is 1.16 bits per heavy atom. The molecule has 1 unspecified atom stereocenters. The number of hydrogen-bond donors (Lipinski definition) is 1. The van der Waals surface area contributed by atoms with E-state index in [0.29, 0.717) is 15.9 Å². The lowest BCUT2D eigenvalue weighted by Crippen LogP contribution is -2.30. The maximum Gasteiger partial charge on any atom is 0.266 e. The number of amides is 1. The van der Waals surface area contributed by atoms with Crippen LogP contribution in [0.1, 0.15) is 12.5 Å². The molecule has 1 N–H and O–H groups in total. The van der Waals surface area contributed by atoms with E-state index in [9.17, 15) is 4.79 Å². The van der Waals surface area contributed by atoms with Crippen molar-refractivity contribution in [3.8, 4) is 16.3 Å². The number of anilines is 1. The van der Waals surface area contributed by atoms with E-state index in [-0.39, 0.29) is 5.91 Å². The summed E-state index contributed by atoms with van der Waals surface area (Å²) in [4.78, 5) is 12.3. The average Bonchev–Trinajstić information content (AvgIpc) is 3.06. The molecule has 1 aromatic heterocycles. The van der Waals surface area contributed by atoms with Gasteiger partial charge in [0.2, 0.25) is 5.13 Å². The van der Waals surface area contributed by atoms with E-state index in [1.807, 2.05) is 31.2 Å². The second-order valence-corrected chi connectivity index (χ2v) is 6.84. The van der Waals surface area contributed by atoms with Gasteiger partial charge in [-0.2, -0.15) is 0 Å². The second kappa shape index (κ2) is 7.63. The molecule has 128 valence electrons. The fraction of sp³-hybridized carbons (Fsp3) is 0.167. The Hall–Kier alpha value is -2.44. The molecular weight excluding hydrogens is 358 g/mol. The smallest absolute Gasteiger partial charge is 0.266 e. The average molecular weight is 374 g/mol. The first-order valence-corrected chi connectivity index (χ1v) is 8.85. The van der Waals surface area contributed by atoms with Crippen molar-refractivity contribution < 1.29 is 9.53 Å². The third kappa shape index (κ3) is 4.35. The van der Waals surface area contributed by atoms with Gasteiger partial charge in [0.15, 0.2) is 6.10 Å². The number of carbonyl (C=O) groups is 1. The molecule has 0 radical (unpaired) electrons. The molecule has 3 aromatic rings. The maximum absolute atomic E-state index is 12.3. The van der Waals surface area contributed by atoms with Gasteiger partial charge in [0.1, 0.15) is 10.8 Å². The monoisotopic (exact) mass is 373 g/mol. The highest BCUT2D eigenvalue weighted by Gasteiger charge is 2.18. The standard InChI is InChI=1S/C18H16ClN3O2S/c1-11-7-9-13(10-8-11)17-21-22-18(25-17)20-16(23)12(2)24-15-6-4-3-5-14(15)19/h3-10,12H,1-2H3,(H,20,22,23). The molecule has 0 saturated carbocycles. The molecule has 0 fully saturated rings. The van der Waals surface area contributed by atoms with E-state index >= 15 is 0 Å². The Morgan fingerprint density at radius 2 is 1.88 bits per heavy atom. The van der Waals surface area contributed by atoms with Crippen molar-refractivity contribution in [2.45, 2.75) is 20.0 Å². The first-order chi connectivity index (χ1) is 12.0. The SMILES string of the molecule is Cc1ccc(-c2nnc(NC(=O)C(C)Oc3ccccc3Cl)s2)cc1. The highest BCUT2D eigenvalue weighted by Crippen LogP contribution is 2.27. The fourth-order valence-electron chi connectivity index (χ4n) is 2.08. The van der Waals surface area contributed by atoms with Gasteiger partial charge in [-0.3, -0.25) is 10.1 Å². The van der Waals surface area contributed by atoms with Crippen LogP contribution in [0.25, 0.3) is 10.6 Å². The molecule has 1 atom stereocenters. The molecule has 0 spiro atoms. The number of halogens is 1. The number of nitrogens with zero attached hydrogens (tertiary/aromatic N) is 2. The molecular formula is C18H16ClN3O2S. The largest absolute Gasteiger partial charge is 0.479 e. The van der Waals surface area contributed by atoms with Gasteiger partial charge in [0.05, 0.1) is 5.02 Å². The quantitative estimate of drug-likeness (QED) is 0.711. The number of carbonyl (C=O) groups excluding carboxylic acids is 1. The normalized spacial score (nSPS) is 11.8. The molecule has 1 amide bonds. The summed E-state index contributed by atoms with van der Waals surface area (Å²) in [5.74, 6) is 0.149. The number of rotatable bonds is 5. The van der Waals surface area contributed by atoms with Crippen molar-refractivity contribution in [2.24, 2.45) is 0 Å². The predicted octanol–water partition coefficient (Wildman–Crippen LogP) is 4.57. The molecule has 1 heterocycles. The molecule has 2 aromatic carbocycles. The second-order valence-electron chi connectivity index (χ2n) is 5.46. The third-order valence-corrected chi connectivity index (χ3v) is 4.66. The van der Waals surface area contributed by atoms with Crippen molar-refractivity contribution in [1.82, 2.24) is 10.2 Å². The number of ether oxygens (including phenoxy) is 1. The number of aromatic nitrogens is 2. The van der Waals surface area contributed by atoms with Gasteiger partial charge < -0.3 is 4.74 Å². The summed E-state index contributed by atoms with van der Waals surface area (Å²) >= 11 is 7.35. The van der Waals surface area contributed by atoms with Crippen molar-refractivity contribution in [3.63, 3.8) is 0 Å². The molecule has 0 aliphatic heterocycles. The van der Waals surface area contributed by atoms with Crippen LogP contribution in [0, 0.1) is 6.92 Å². The van der Waals surface area contributed by atoms with Crippen molar-refractivity contribution >= 4 is 34.0 Å². The fourth-order valence-corrected chi connectivity index (χ4v) is 3.01. The van der Waals surface area contributed by atoms with Crippen molar-refractivity contribution in [2.75, 3.05) is 5.32 Å². The summed E-state index contributed by atoms with van der Waals surface area (Å²) in [5.41, 5.74) is 2.14. The first-order valence-electron chi connectivity index (χ1n) is 7.65. The predicted molar refractivity (Wildman–Crippen MR) is 100 cm³/mol. The zero-order valence-corrected chi connectivity index (χ0v) is 15.3. The minimum Gasteiger partial charge on any atom is -0.479 e. The lowest BCUT2D eigenvalue weighted by molar-refractivity contribution is -0.122. The Morgan fingerprint density at radius 3 is 2.60 bits per heavy atom. The Labute approximate surface area is 154 Å². The summed E-state index contributed by atoms with van der Waals surface area (Å²) in [7, 11) is 0. The van der Waals surface area contributed by atoms with Crippen LogP contribution in [-0.2, 0) is 4.79 Å².